The molecule has 1 atom stereocenters. The molecule has 1 amide bonds. The van der Waals surface area contributed by atoms with Crippen LogP contribution in [0, 0.1) is 5.82 Å². The van der Waals surface area contributed by atoms with E-state index in [2.05, 4.69) is 5.32 Å². The van der Waals surface area contributed by atoms with E-state index in [4.69, 9.17) is 4.74 Å². The highest BCUT2D eigenvalue weighted by Crippen LogP contribution is 2.17. The van der Waals surface area contributed by atoms with Crippen LogP contribution in [0.1, 0.15) is 25.7 Å². The molecule has 1 aromatic carbocycles. The predicted molar refractivity (Wildman–Crippen MR) is 100 cm³/mol. The molecule has 6 nitrogen and oxygen atoms in total. The highest BCUT2D eigenvalue weighted by Gasteiger charge is 2.16. The lowest BCUT2D eigenvalue weighted by Gasteiger charge is -2.13. The number of rotatable bonds is 6. The second kappa shape index (κ2) is 7.52. The van der Waals surface area contributed by atoms with E-state index in [-0.39, 0.29) is 17.6 Å². The van der Waals surface area contributed by atoms with E-state index in [0.29, 0.717) is 37.0 Å². The number of carbonyl (C=O) groups excluding carboxylic acids is 1. The fourth-order valence-corrected chi connectivity index (χ4v) is 3.67. The second-order valence-electron chi connectivity index (χ2n) is 6.90. The maximum atomic E-state index is 13.8. The molecule has 0 radical (unpaired) electrons. The van der Waals surface area contributed by atoms with E-state index >= 15 is 0 Å². The SMILES string of the molecule is O=C(CCCn1c(=O)c2cccn2c2ccc(F)cc21)NC[C@@H]1CCCO1. The van der Waals surface area contributed by atoms with E-state index in [1.807, 2.05) is 0 Å². The fraction of sp³-hybridized carbons (Fsp3) is 0.400. The molecule has 7 heteroatoms. The topological polar surface area (TPSA) is 64.7 Å². The molecule has 1 aliphatic rings. The van der Waals surface area contributed by atoms with E-state index in [1.165, 1.54) is 12.1 Å². The second-order valence-corrected chi connectivity index (χ2v) is 6.90. The quantitative estimate of drug-likeness (QED) is 0.724. The van der Waals surface area contributed by atoms with Gasteiger partial charge in [-0.05, 0) is 49.6 Å². The summed E-state index contributed by atoms with van der Waals surface area (Å²) in [6.45, 7) is 1.64. The molecule has 3 aromatic rings. The zero-order valence-corrected chi connectivity index (χ0v) is 15.0. The molecule has 1 saturated heterocycles. The van der Waals surface area contributed by atoms with E-state index in [0.717, 1.165) is 25.0 Å². The van der Waals surface area contributed by atoms with Gasteiger partial charge in [-0.25, -0.2) is 4.39 Å². The maximum Gasteiger partial charge on any atom is 0.275 e. The van der Waals surface area contributed by atoms with Gasteiger partial charge in [-0.2, -0.15) is 0 Å². The highest BCUT2D eigenvalue weighted by molar-refractivity contribution is 5.79. The normalized spacial score (nSPS) is 17.0. The van der Waals surface area contributed by atoms with Crippen molar-refractivity contribution in [1.29, 1.82) is 0 Å². The summed E-state index contributed by atoms with van der Waals surface area (Å²) in [6, 6.07) is 7.96. The minimum atomic E-state index is -0.392. The van der Waals surface area contributed by atoms with Gasteiger partial charge < -0.3 is 19.0 Å². The minimum absolute atomic E-state index is 0.0576. The molecule has 1 fully saturated rings. The van der Waals surface area contributed by atoms with Crippen molar-refractivity contribution in [3.05, 3.63) is 52.7 Å². The van der Waals surface area contributed by atoms with Gasteiger partial charge >= 0.3 is 0 Å². The van der Waals surface area contributed by atoms with Crippen LogP contribution in [-0.2, 0) is 16.1 Å². The number of ether oxygens (including phenoxy) is 1. The fourth-order valence-electron chi connectivity index (χ4n) is 3.67. The summed E-state index contributed by atoms with van der Waals surface area (Å²) in [7, 11) is 0. The molecule has 1 N–H and O–H groups in total. The smallest absolute Gasteiger partial charge is 0.275 e. The molecule has 0 aliphatic carbocycles. The number of fused-ring (bicyclic) bond motifs is 3. The maximum absolute atomic E-state index is 13.8. The van der Waals surface area contributed by atoms with Crippen molar-refractivity contribution in [1.82, 2.24) is 14.3 Å². The Morgan fingerprint density at radius 3 is 2.96 bits per heavy atom. The number of carbonyl (C=O) groups is 1. The van der Waals surface area contributed by atoms with Gasteiger partial charge in [-0.1, -0.05) is 0 Å². The van der Waals surface area contributed by atoms with Crippen molar-refractivity contribution in [3.63, 3.8) is 0 Å². The third-order valence-electron chi connectivity index (χ3n) is 5.04. The molecular formula is C20H22FN3O3. The number of benzene rings is 1. The first-order chi connectivity index (χ1) is 13.1. The van der Waals surface area contributed by atoms with Gasteiger partial charge in [0.25, 0.3) is 5.56 Å². The third kappa shape index (κ3) is 3.60. The largest absolute Gasteiger partial charge is 0.376 e. The van der Waals surface area contributed by atoms with Crippen LogP contribution in [0.4, 0.5) is 4.39 Å². The Kier molecular flexibility index (Phi) is 4.94. The summed E-state index contributed by atoms with van der Waals surface area (Å²) < 4.78 is 22.6. The first-order valence-electron chi connectivity index (χ1n) is 9.31. The summed E-state index contributed by atoms with van der Waals surface area (Å²) in [4.78, 5) is 24.8. The van der Waals surface area contributed by atoms with Gasteiger partial charge in [0.05, 0.1) is 17.1 Å². The van der Waals surface area contributed by atoms with E-state index < -0.39 is 5.82 Å². The summed E-state index contributed by atoms with van der Waals surface area (Å²) >= 11 is 0. The van der Waals surface area contributed by atoms with Gasteiger partial charge in [0.2, 0.25) is 5.91 Å². The number of nitrogens with zero attached hydrogens (tertiary/aromatic N) is 2. The number of halogens is 1. The summed E-state index contributed by atoms with van der Waals surface area (Å²) in [5.41, 5.74) is 1.65. The van der Waals surface area contributed by atoms with Gasteiger partial charge in [0.15, 0.2) is 0 Å². The van der Waals surface area contributed by atoms with E-state index in [1.54, 1.807) is 33.4 Å². The van der Waals surface area contributed by atoms with Crippen LogP contribution in [0.25, 0.3) is 16.6 Å². The third-order valence-corrected chi connectivity index (χ3v) is 5.04. The molecule has 27 heavy (non-hydrogen) atoms. The standard InChI is InChI=1S/C20H22FN3O3/c21-14-7-8-16-18(12-14)24(20(26)17-5-1-9-23(16)17)10-2-6-19(25)22-13-15-4-3-11-27-15/h1,5,7-9,12,15H,2-4,6,10-11,13H2,(H,22,25)/t15-/m0/s1. The highest BCUT2D eigenvalue weighted by atomic mass is 19.1. The number of aromatic nitrogens is 2. The lowest BCUT2D eigenvalue weighted by molar-refractivity contribution is -0.121. The zero-order chi connectivity index (χ0) is 18.8. The van der Waals surface area contributed by atoms with Crippen molar-refractivity contribution in [2.24, 2.45) is 0 Å². The number of hydrogen-bond acceptors (Lipinski definition) is 3. The van der Waals surface area contributed by atoms with Crippen LogP contribution in [0.3, 0.4) is 0 Å². The Morgan fingerprint density at radius 1 is 1.26 bits per heavy atom. The van der Waals surface area contributed by atoms with Crippen molar-refractivity contribution >= 4 is 22.5 Å². The van der Waals surface area contributed by atoms with Crippen LogP contribution in [0.2, 0.25) is 0 Å². The molecule has 0 unspecified atom stereocenters. The Balaban J connectivity index is 1.49. The Bertz CT molecular complexity index is 1030. The van der Waals surface area contributed by atoms with Crippen LogP contribution >= 0.6 is 0 Å². The summed E-state index contributed by atoms with van der Waals surface area (Å²) in [5.74, 6) is -0.450. The van der Waals surface area contributed by atoms with Crippen molar-refractivity contribution in [2.75, 3.05) is 13.2 Å². The van der Waals surface area contributed by atoms with Crippen LogP contribution in [-0.4, -0.2) is 34.1 Å². The minimum Gasteiger partial charge on any atom is -0.376 e. The number of nitrogens with one attached hydrogen (secondary N) is 1. The number of hydrogen-bond donors (Lipinski definition) is 1. The molecule has 0 saturated carbocycles. The molecule has 142 valence electrons. The van der Waals surface area contributed by atoms with Crippen molar-refractivity contribution in [3.8, 4) is 0 Å². The Labute approximate surface area is 155 Å². The molecule has 1 aliphatic heterocycles. The average Bonchev–Trinajstić information content (AvgIpc) is 3.34. The molecule has 0 spiro atoms. The molecule has 4 rings (SSSR count). The van der Waals surface area contributed by atoms with Crippen LogP contribution in [0.5, 0.6) is 0 Å². The van der Waals surface area contributed by atoms with Gasteiger partial charge in [0.1, 0.15) is 11.3 Å². The van der Waals surface area contributed by atoms with Crippen LogP contribution < -0.4 is 10.9 Å². The molecule has 3 heterocycles. The van der Waals surface area contributed by atoms with Gasteiger partial charge in [-0.3, -0.25) is 9.59 Å². The Morgan fingerprint density at radius 2 is 2.15 bits per heavy atom. The predicted octanol–water partition coefficient (Wildman–Crippen LogP) is 2.47. The number of amides is 1. The van der Waals surface area contributed by atoms with E-state index in [9.17, 15) is 14.0 Å². The Hall–Kier alpha value is -2.67. The van der Waals surface area contributed by atoms with Crippen molar-refractivity contribution in [2.45, 2.75) is 38.3 Å². The summed E-state index contributed by atoms with van der Waals surface area (Å²) in [5, 5.41) is 2.88. The molecule has 0 bridgehead atoms. The lowest BCUT2D eigenvalue weighted by Crippen LogP contribution is -2.32. The first kappa shape index (κ1) is 17.7. The van der Waals surface area contributed by atoms with Crippen molar-refractivity contribution < 1.29 is 13.9 Å². The van der Waals surface area contributed by atoms with Crippen LogP contribution in [0.15, 0.2) is 41.3 Å². The molecule has 2 aromatic heterocycles. The monoisotopic (exact) mass is 371 g/mol. The average molecular weight is 371 g/mol. The molecular weight excluding hydrogens is 349 g/mol. The lowest BCUT2D eigenvalue weighted by atomic mass is 10.2. The van der Waals surface area contributed by atoms with Gasteiger partial charge in [-0.15, -0.1) is 0 Å². The van der Waals surface area contributed by atoms with Gasteiger partial charge in [0, 0.05) is 32.3 Å². The number of aryl methyl sites for hydroxylation is 1. The summed E-state index contributed by atoms with van der Waals surface area (Å²) in [6.07, 6.45) is 4.72. The zero-order valence-electron chi connectivity index (χ0n) is 15.0. The first-order valence-corrected chi connectivity index (χ1v) is 9.31.